The normalized spacial score (nSPS) is 21.0. The van der Waals surface area contributed by atoms with E-state index in [4.69, 9.17) is 23.2 Å². The van der Waals surface area contributed by atoms with Crippen LogP contribution in [0.4, 0.5) is 0 Å². The van der Waals surface area contributed by atoms with Crippen LogP contribution in [0.1, 0.15) is 11.1 Å². The lowest BCUT2D eigenvalue weighted by atomic mass is 9.99. The molecule has 120 valence electrons. The van der Waals surface area contributed by atoms with Crippen molar-refractivity contribution in [3.8, 4) is 0 Å². The lowest BCUT2D eigenvalue weighted by Crippen LogP contribution is -2.59. The summed E-state index contributed by atoms with van der Waals surface area (Å²) in [6.07, 6.45) is 1.46. The molecule has 1 heterocycles. The lowest BCUT2D eigenvalue weighted by Gasteiger charge is -2.30. The van der Waals surface area contributed by atoms with E-state index in [0.29, 0.717) is 11.4 Å². The van der Waals surface area contributed by atoms with Crippen LogP contribution in [0.25, 0.3) is 0 Å². The van der Waals surface area contributed by atoms with Gasteiger partial charge in [-0.1, -0.05) is 47.5 Å². The molecule has 1 aliphatic rings. The van der Waals surface area contributed by atoms with Gasteiger partial charge in [-0.25, -0.2) is 0 Å². The molecule has 2 aromatic carbocycles. The molecule has 3 nitrogen and oxygen atoms in total. The second-order valence-electron chi connectivity index (χ2n) is 5.83. The molecule has 0 aliphatic carbocycles. The fourth-order valence-electron chi connectivity index (χ4n) is 2.78. The van der Waals surface area contributed by atoms with Gasteiger partial charge in [-0.3, -0.25) is 4.79 Å². The maximum Gasteiger partial charge on any atom is 0.237 e. The predicted octanol–water partition coefficient (Wildman–Crippen LogP) is 3.24. The lowest BCUT2D eigenvalue weighted by molar-refractivity contribution is -0.125. The summed E-state index contributed by atoms with van der Waals surface area (Å²) in [6, 6.07) is 15.2. The standard InChI is InChI=1S/C18H18Cl2N2O/c19-14-5-1-12(2-6-14)9-16-11-21-17(18(23)22-16)10-13-3-7-15(20)8-4-13/h1-8,16-17,21H,9-11H2,(H,22,23)/t16-,17?/m0/s1. The Hall–Kier alpha value is -1.55. The summed E-state index contributed by atoms with van der Waals surface area (Å²) in [7, 11) is 0. The van der Waals surface area contributed by atoms with Crippen molar-refractivity contribution in [1.29, 1.82) is 0 Å². The van der Waals surface area contributed by atoms with Crippen LogP contribution < -0.4 is 10.6 Å². The maximum absolute atomic E-state index is 12.3. The van der Waals surface area contributed by atoms with Crippen LogP contribution in [0.5, 0.6) is 0 Å². The summed E-state index contributed by atoms with van der Waals surface area (Å²) < 4.78 is 0. The highest BCUT2D eigenvalue weighted by Crippen LogP contribution is 2.14. The second-order valence-corrected chi connectivity index (χ2v) is 6.70. The molecule has 0 spiro atoms. The van der Waals surface area contributed by atoms with E-state index in [9.17, 15) is 4.79 Å². The minimum absolute atomic E-state index is 0.0464. The smallest absolute Gasteiger partial charge is 0.237 e. The molecule has 23 heavy (non-hydrogen) atoms. The quantitative estimate of drug-likeness (QED) is 0.890. The Morgan fingerprint density at radius 3 is 1.91 bits per heavy atom. The molecule has 0 bridgehead atoms. The van der Waals surface area contributed by atoms with Crippen molar-refractivity contribution in [3.05, 3.63) is 69.7 Å². The first-order valence-electron chi connectivity index (χ1n) is 7.63. The van der Waals surface area contributed by atoms with Crippen molar-refractivity contribution in [2.24, 2.45) is 0 Å². The molecule has 5 heteroatoms. The van der Waals surface area contributed by atoms with Gasteiger partial charge in [0.1, 0.15) is 0 Å². The Labute approximate surface area is 146 Å². The van der Waals surface area contributed by atoms with Crippen LogP contribution in [0.2, 0.25) is 10.0 Å². The van der Waals surface area contributed by atoms with Gasteiger partial charge in [-0.05, 0) is 48.2 Å². The fourth-order valence-corrected chi connectivity index (χ4v) is 3.03. The van der Waals surface area contributed by atoms with E-state index < -0.39 is 0 Å². The number of halogens is 2. The first-order chi connectivity index (χ1) is 11.1. The molecule has 1 aliphatic heterocycles. The molecular formula is C18H18Cl2N2O. The van der Waals surface area contributed by atoms with E-state index in [-0.39, 0.29) is 18.0 Å². The number of nitrogens with one attached hydrogen (secondary N) is 2. The Kier molecular flexibility index (Phi) is 5.21. The Balaban J connectivity index is 1.55. The summed E-state index contributed by atoms with van der Waals surface area (Å²) in [6.45, 7) is 0.757. The van der Waals surface area contributed by atoms with Crippen molar-refractivity contribution >= 4 is 29.1 Å². The van der Waals surface area contributed by atoms with Crippen molar-refractivity contribution < 1.29 is 4.79 Å². The van der Waals surface area contributed by atoms with E-state index >= 15 is 0 Å². The molecule has 3 rings (SSSR count). The molecule has 1 unspecified atom stereocenters. The van der Waals surface area contributed by atoms with Gasteiger partial charge in [0.15, 0.2) is 0 Å². The summed E-state index contributed by atoms with van der Waals surface area (Å²) in [5.41, 5.74) is 2.26. The maximum atomic E-state index is 12.3. The molecule has 1 saturated heterocycles. The van der Waals surface area contributed by atoms with E-state index in [1.165, 1.54) is 0 Å². The Morgan fingerprint density at radius 1 is 0.870 bits per heavy atom. The van der Waals surface area contributed by atoms with Crippen molar-refractivity contribution in [1.82, 2.24) is 10.6 Å². The van der Waals surface area contributed by atoms with Crippen LogP contribution in [0.15, 0.2) is 48.5 Å². The number of amides is 1. The van der Waals surface area contributed by atoms with Crippen molar-refractivity contribution in [2.45, 2.75) is 24.9 Å². The zero-order valence-electron chi connectivity index (χ0n) is 12.6. The van der Waals surface area contributed by atoms with Gasteiger partial charge in [-0.2, -0.15) is 0 Å². The third kappa shape index (κ3) is 4.47. The highest BCUT2D eigenvalue weighted by atomic mass is 35.5. The van der Waals surface area contributed by atoms with E-state index in [0.717, 1.165) is 29.1 Å². The molecule has 1 fully saturated rings. The van der Waals surface area contributed by atoms with Crippen LogP contribution in [0.3, 0.4) is 0 Å². The van der Waals surface area contributed by atoms with Gasteiger partial charge in [0.05, 0.1) is 6.04 Å². The topological polar surface area (TPSA) is 41.1 Å². The molecule has 2 atom stereocenters. The Bertz CT molecular complexity index is 670. The van der Waals surface area contributed by atoms with Crippen LogP contribution in [-0.4, -0.2) is 24.5 Å². The van der Waals surface area contributed by atoms with Gasteiger partial charge in [0, 0.05) is 22.6 Å². The summed E-state index contributed by atoms with van der Waals surface area (Å²) in [4.78, 5) is 12.3. The van der Waals surface area contributed by atoms with Crippen LogP contribution in [-0.2, 0) is 17.6 Å². The second kappa shape index (κ2) is 7.35. The zero-order chi connectivity index (χ0) is 16.2. The van der Waals surface area contributed by atoms with Crippen molar-refractivity contribution in [2.75, 3.05) is 6.54 Å². The SMILES string of the molecule is O=C1N[C@@H](Cc2ccc(Cl)cc2)CNC1Cc1ccc(Cl)cc1. The number of carbonyl (C=O) groups excluding carboxylic acids is 1. The Morgan fingerprint density at radius 2 is 1.39 bits per heavy atom. The number of hydrogen-bond donors (Lipinski definition) is 2. The van der Waals surface area contributed by atoms with Crippen LogP contribution in [0, 0.1) is 0 Å². The van der Waals surface area contributed by atoms with Gasteiger partial charge in [-0.15, -0.1) is 0 Å². The summed E-state index contributed by atoms with van der Waals surface area (Å²) in [5.74, 6) is 0.0464. The van der Waals surface area contributed by atoms with Gasteiger partial charge < -0.3 is 10.6 Å². The monoisotopic (exact) mass is 348 g/mol. The average molecular weight is 349 g/mol. The van der Waals surface area contributed by atoms with E-state index in [1.807, 2.05) is 48.5 Å². The number of rotatable bonds is 4. The van der Waals surface area contributed by atoms with Gasteiger partial charge in [0.25, 0.3) is 0 Å². The number of hydrogen-bond acceptors (Lipinski definition) is 2. The number of piperazine rings is 1. The summed E-state index contributed by atoms with van der Waals surface area (Å²) >= 11 is 11.8. The largest absolute Gasteiger partial charge is 0.350 e. The first-order valence-corrected chi connectivity index (χ1v) is 8.38. The molecule has 0 radical (unpaired) electrons. The molecule has 2 aromatic rings. The first kappa shape index (κ1) is 16.3. The summed E-state index contributed by atoms with van der Waals surface area (Å²) in [5, 5.41) is 7.87. The van der Waals surface area contributed by atoms with Gasteiger partial charge >= 0.3 is 0 Å². The minimum atomic E-state index is -0.197. The number of carbonyl (C=O) groups is 1. The highest BCUT2D eigenvalue weighted by Gasteiger charge is 2.27. The highest BCUT2D eigenvalue weighted by molar-refractivity contribution is 6.30. The third-order valence-electron chi connectivity index (χ3n) is 4.02. The molecule has 1 amide bonds. The van der Waals surface area contributed by atoms with Crippen LogP contribution >= 0.6 is 23.2 Å². The molecule has 0 saturated carbocycles. The average Bonchev–Trinajstić information content (AvgIpc) is 2.54. The van der Waals surface area contributed by atoms with E-state index in [2.05, 4.69) is 10.6 Å². The fraction of sp³-hybridized carbons (Fsp3) is 0.278. The predicted molar refractivity (Wildman–Crippen MR) is 94.0 cm³/mol. The number of benzene rings is 2. The van der Waals surface area contributed by atoms with Crippen molar-refractivity contribution in [3.63, 3.8) is 0 Å². The molecule has 0 aromatic heterocycles. The zero-order valence-corrected chi connectivity index (χ0v) is 14.1. The van der Waals surface area contributed by atoms with E-state index in [1.54, 1.807) is 0 Å². The molecular weight excluding hydrogens is 331 g/mol. The molecule has 2 N–H and O–H groups in total. The third-order valence-corrected chi connectivity index (χ3v) is 4.53. The van der Waals surface area contributed by atoms with Gasteiger partial charge in [0.2, 0.25) is 5.91 Å². The minimum Gasteiger partial charge on any atom is -0.350 e.